The highest BCUT2D eigenvalue weighted by atomic mass is 16.5. The molecule has 0 spiro atoms. The third-order valence-electron chi connectivity index (χ3n) is 6.38. The van der Waals surface area contributed by atoms with Crippen molar-refractivity contribution in [1.82, 2.24) is 5.43 Å². The van der Waals surface area contributed by atoms with Crippen molar-refractivity contribution < 1.29 is 14.3 Å². The number of rotatable bonds is 5. The van der Waals surface area contributed by atoms with Crippen molar-refractivity contribution in [3.8, 4) is 0 Å². The number of nitrogens with zero attached hydrogens (tertiary/aromatic N) is 1. The third-order valence-corrected chi connectivity index (χ3v) is 6.38. The predicted molar refractivity (Wildman–Crippen MR) is 95.9 cm³/mol. The Morgan fingerprint density at radius 3 is 2.56 bits per heavy atom. The van der Waals surface area contributed by atoms with E-state index < -0.39 is 11.9 Å². The molecule has 1 N–H and O–H groups in total. The molecule has 1 aromatic rings. The van der Waals surface area contributed by atoms with Crippen LogP contribution in [0, 0.1) is 16.7 Å². The fourth-order valence-electron chi connectivity index (χ4n) is 4.22. The smallest absolute Gasteiger partial charge is 0.310 e. The van der Waals surface area contributed by atoms with Gasteiger partial charge in [-0.25, -0.2) is 5.43 Å². The van der Waals surface area contributed by atoms with Gasteiger partial charge in [0, 0.05) is 11.1 Å². The topological polar surface area (TPSA) is 67.8 Å². The van der Waals surface area contributed by atoms with Crippen LogP contribution in [0.2, 0.25) is 0 Å². The Labute approximate surface area is 148 Å². The Kier molecular flexibility index (Phi) is 4.67. The van der Waals surface area contributed by atoms with Crippen molar-refractivity contribution in [3.05, 3.63) is 35.9 Å². The number of esters is 1. The van der Waals surface area contributed by atoms with E-state index >= 15 is 0 Å². The van der Waals surface area contributed by atoms with Crippen LogP contribution in [0.15, 0.2) is 35.4 Å². The number of benzene rings is 1. The monoisotopic (exact) mass is 342 g/mol. The van der Waals surface area contributed by atoms with Crippen LogP contribution < -0.4 is 5.43 Å². The van der Waals surface area contributed by atoms with Crippen LogP contribution in [0.4, 0.5) is 0 Å². The molecule has 1 aromatic carbocycles. The van der Waals surface area contributed by atoms with Gasteiger partial charge >= 0.3 is 5.97 Å². The second-order valence-electron chi connectivity index (χ2n) is 7.91. The molecule has 0 aromatic heterocycles. The maximum atomic E-state index is 11.9. The molecule has 0 heterocycles. The molecule has 134 valence electrons. The molecule has 2 saturated carbocycles. The maximum Gasteiger partial charge on any atom is 0.310 e. The summed E-state index contributed by atoms with van der Waals surface area (Å²) in [6.45, 7) is 6.53. The molecule has 2 unspecified atom stereocenters. The molecular weight excluding hydrogens is 316 g/mol. The van der Waals surface area contributed by atoms with Crippen LogP contribution in [-0.4, -0.2) is 24.2 Å². The van der Waals surface area contributed by atoms with E-state index in [2.05, 4.69) is 31.3 Å². The van der Waals surface area contributed by atoms with E-state index in [-0.39, 0.29) is 23.9 Å². The van der Waals surface area contributed by atoms with Crippen LogP contribution in [0.25, 0.3) is 0 Å². The normalized spacial score (nSPS) is 28.1. The van der Waals surface area contributed by atoms with E-state index in [9.17, 15) is 9.59 Å². The van der Waals surface area contributed by atoms with E-state index in [1.165, 1.54) is 6.42 Å². The van der Waals surface area contributed by atoms with E-state index in [1.807, 2.05) is 30.3 Å². The lowest BCUT2D eigenvalue weighted by Gasteiger charge is -2.34. The van der Waals surface area contributed by atoms with Gasteiger partial charge in [0.05, 0.1) is 6.42 Å². The lowest BCUT2D eigenvalue weighted by atomic mass is 9.70. The van der Waals surface area contributed by atoms with Gasteiger partial charge in [0.15, 0.2) is 6.61 Å². The number of hydrogen-bond acceptors (Lipinski definition) is 4. The van der Waals surface area contributed by atoms with E-state index in [0.717, 1.165) is 24.1 Å². The molecule has 3 rings (SSSR count). The van der Waals surface area contributed by atoms with Gasteiger partial charge in [0.25, 0.3) is 5.91 Å². The van der Waals surface area contributed by atoms with Gasteiger partial charge < -0.3 is 4.74 Å². The van der Waals surface area contributed by atoms with Crippen molar-refractivity contribution >= 4 is 17.6 Å². The molecule has 2 aliphatic rings. The Bertz CT molecular complexity index is 696. The van der Waals surface area contributed by atoms with Gasteiger partial charge in [-0.2, -0.15) is 5.10 Å². The van der Waals surface area contributed by atoms with Gasteiger partial charge in [0.2, 0.25) is 0 Å². The zero-order valence-electron chi connectivity index (χ0n) is 15.2. The largest absolute Gasteiger partial charge is 0.455 e. The minimum absolute atomic E-state index is 0.0505. The number of carbonyl (C=O) groups excluding carboxylic acids is 2. The van der Waals surface area contributed by atoms with Crippen molar-refractivity contribution in [2.24, 2.45) is 21.8 Å². The highest BCUT2D eigenvalue weighted by Crippen LogP contribution is 2.63. The van der Waals surface area contributed by atoms with Gasteiger partial charge in [-0.1, -0.05) is 51.1 Å². The number of carbonyl (C=O) groups is 2. The van der Waals surface area contributed by atoms with Crippen molar-refractivity contribution in [2.75, 3.05) is 6.61 Å². The number of nitrogens with one attached hydrogen (secondary N) is 1. The van der Waals surface area contributed by atoms with Gasteiger partial charge in [-0.05, 0) is 36.2 Å². The summed E-state index contributed by atoms with van der Waals surface area (Å²) in [4.78, 5) is 23.7. The summed E-state index contributed by atoms with van der Waals surface area (Å²) < 4.78 is 5.03. The maximum absolute atomic E-state index is 11.9. The Hall–Kier alpha value is -2.17. The number of fused-ring (bicyclic) bond motifs is 2. The molecule has 5 heteroatoms. The quantitative estimate of drug-likeness (QED) is 0.660. The molecule has 2 atom stereocenters. The molecule has 5 nitrogen and oxygen atoms in total. The van der Waals surface area contributed by atoms with Gasteiger partial charge in [0.1, 0.15) is 0 Å². The van der Waals surface area contributed by atoms with E-state index in [1.54, 1.807) is 0 Å². The summed E-state index contributed by atoms with van der Waals surface area (Å²) in [7, 11) is 0. The van der Waals surface area contributed by atoms with Crippen LogP contribution in [-0.2, 0) is 20.7 Å². The first-order chi connectivity index (χ1) is 11.8. The second kappa shape index (κ2) is 6.62. The Morgan fingerprint density at radius 1 is 1.24 bits per heavy atom. The van der Waals surface area contributed by atoms with Crippen molar-refractivity contribution in [1.29, 1.82) is 0 Å². The average molecular weight is 342 g/mol. The second-order valence-corrected chi connectivity index (χ2v) is 7.91. The van der Waals surface area contributed by atoms with Crippen LogP contribution in [0.1, 0.15) is 45.6 Å². The molecular formula is C20H26N2O3. The summed E-state index contributed by atoms with van der Waals surface area (Å²) in [5.74, 6) is -0.169. The minimum Gasteiger partial charge on any atom is -0.455 e. The van der Waals surface area contributed by atoms with Crippen molar-refractivity contribution in [3.63, 3.8) is 0 Å². The SMILES string of the molecule is CC12CCC(C/C1=N/NC(=O)COC(=O)Cc1ccccc1)C2(C)C. The van der Waals surface area contributed by atoms with Crippen LogP contribution in [0.5, 0.6) is 0 Å². The lowest BCUT2D eigenvalue weighted by molar-refractivity contribution is -0.147. The number of hydrazone groups is 1. The average Bonchev–Trinajstić information content (AvgIpc) is 2.92. The molecule has 2 fully saturated rings. The summed E-state index contributed by atoms with van der Waals surface area (Å²) in [6.07, 6.45) is 3.45. The highest BCUT2D eigenvalue weighted by molar-refractivity contribution is 5.95. The Morgan fingerprint density at radius 2 is 1.96 bits per heavy atom. The zero-order chi connectivity index (χ0) is 18.1. The predicted octanol–water partition coefficient (Wildman–Crippen LogP) is 3.09. The number of amides is 1. The van der Waals surface area contributed by atoms with Gasteiger partial charge in [-0.3, -0.25) is 9.59 Å². The third kappa shape index (κ3) is 3.32. The van der Waals surface area contributed by atoms with E-state index in [0.29, 0.717) is 5.92 Å². The molecule has 0 saturated heterocycles. The van der Waals surface area contributed by atoms with Crippen molar-refractivity contribution in [2.45, 2.75) is 46.5 Å². The zero-order valence-corrected chi connectivity index (χ0v) is 15.2. The molecule has 0 aliphatic heterocycles. The minimum atomic E-state index is -0.415. The number of ether oxygens (including phenoxy) is 1. The first-order valence-corrected chi connectivity index (χ1v) is 8.88. The standard InChI is InChI=1S/C20H26N2O3/c1-19(2)15-9-10-20(19,3)16(12-15)21-22-17(23)13-25-18(24)11-14-7-5-4-6-8-14/h4-8,15H,9-13H2,1-3H3,(H,22,23)/b21-16-. The molecule has 2 aliphatic carbocycles. The summed E-state index contributed by atoms with van der Waals surface area (Å²) >= 11 is 0. The van der Waals surface area contributed by atoms with Crippen LogP contribution >= 0.6 is 0 Å². The first-order valence-electron chi connectivity index (χ1n) is 8.88. The van der Waals surface area contributed by atoms with Gasteiger partial charge in [-0.15, -0.1) is 0 Å². The number of hydrogen-bond donors (Lipinski definition) is 1. The summed E-state index contributed by atoms with van der Waals surface area (Å²) in [5.41, 5.74) is 4.77. The highest BCUT2D eigenvalue weighted by Gasteiger charge is 2.59. The van der Waals surface area contributed by atoms with E-state index in [4.69, 9.17) is 4.74 Å². The first kappa shape index (κ1) is 17.6. The lowest BCUT2D eigenvalue weighted by Crippen LogP contribution is -2.35. The fraction of sp³-hybridized carbons (Fsp3) is 0.550. The molecule has 1 amide bonds. The molecule has 2 bridgehead atoms. The summed E-state index contributed by atoms with van der Waals surface area (Å²) in [5, 5.41) is 4.36. The Balaban J connectivity index is 1.48. The van der Waals surface area contributed by atoms with Crippen LogP contribution in [0.3, 0.4) is 0 Å². The molecule has 25 heavy (non-hydrogen) atoms. The molecule has 0 radical (unpaired) electrons. The fourth-order valence-corrected chi connectivity index (χ4v) is 4.22. The summed E-state index contributed by atoms with van der Waals surface area (Å²) in [6, 6.07) is 9.32.